The molecule has 2 aromatic carbocycles. The molecule has 2 rings (SSSR count). The van der Waals surface area contributed by atoms with Gasteiger partial charge in [0.1, 0.15) is 11.5 Å². The number of nitro benzene ring substituents is 1. The molecule has 0 atom stereocenters. The second kappa shape index (κ2) is 5.92. The fourth-order valence-corrected chi connectivity index (χ4v) is 1.73. The lowest BCUT2D eigenvalue weighted by Gasteiger charge is -2.09. The maximum atomic E-state index is 10.5. The van der Waals surface area contributed by atoms with Gasteiger partial charge in [0.25, 0.3) is 5.69 Å². The first-order chi connectivity index (χ1) is 9.60. The van der Waals surface area contributed by atoms with Crippen LogP contribution in [0, 0.1) is 10.1 Å². The number of hydrogen-bond acceptors (Lipinski definition) is 5. The zero-order valence-electron chi connectivity index (χ0n) is 10.9. The summed E-state index contributed by atoms with van der Waals surface area (Å²) in [5.74, 6) is 0.823. The number of methoxy groups -OCH3 is 1. The predicted molar refractivity (Wildman–Crippen MR) is 75.1 cm³/mol. The van der Waals surface area contributed by atoms with Crippen LogP contribution < -0.4 is 10.1 Å². The molecule has 6 nitrogen and oxygen atoms in total. The molecule has 0 bridgehead atoms. The normalized spacial score (nSPS) is 10.1. The Kier molecular flexibility index (Phi) is 4.05. The molecule has 0 saturated carbocycles. The molecule has 0 radical (unpaired) electrons. The Bertz CT molecular complexity index is 611. The van der Waals surface area contributed by atoms with Crippen LogP contribution in [0.3, 0.4) is 0 Å². The fraction of sp³-hybridized carbons (Fsp3) is 0.143. The third-order valence-corrected chi connectivity index (χ3v) is 2.85. The minimum Gasteiger partial charge on any atom is -0.508 e. The molecule has 104 valence electrons. The smallest absolute Gasteiger partial charge is 0.269 e. The zero-order chi connectivity index (χ0) is 14.5. The first-order valence-corrected chi connectivity index (χ1v) is 5.94. The minimum absolute atomic E-state index is 0.0415. The molecule has 0 aliphatic carbocycles. The van der Waals surface area contributed by atoms with Crippen LogP contribution in [-0.4, -0.2) is 17.1 Å². The van der Waals surface area contributed by atoms with E-state index in [-0.39, 0.29) is 11.4 Å². The lowest BCUT2D eigenvalue weighted by Crippen LogP contribution is -2.00. The van der Waals surface area contributed by atoms with Crippen LogP contribution in [0.5, 0.6) is 11.5 Å². The Labute approximate surface area is 115 Å². The Balaban J connectivity index is 2.06. The van der Waals surface area contributed by atoms with Crippen LogP contribution in [-0.2, 0) is 6.54 Å². The lowest BCUT2D eigenvalue weighted by atomic mass is 10.2. The summed E-state index contributed by atoms with van der Waals surface area (Å²) >= 11 is 0. The maximum absolute atomic E-state index is 10.5. The third-order valence-electron chi connectivity index (χ3n) is 2.85. The van der Waals surface area contributed by atoms with Gasteiger partial charge in [-0.1, -0.05) is 0 Å². The van der Waals surface area contributed by atoms with E-state index in [1.807, 2.05) is 0 Å². The second-order valence-electron chi connectivity index (χ2n) is 4.15. The average molecular weight is 274 g/mol. The van der Waals surface area contributed by atoms with Crippen molar-refractivity contribution in [2.45, 2.75) is 6.54 Å². The van der Waals surface area contributed by atoms with Gasteiger partial charge in [0.15, 0.2) is 0 Å². The van der Waals surface area contributed by atoms with E-state index in [9.17, 15) is 15.2 Å². The summed E-state index contributed by atoms with van der Waals surface area (Å²) in [6.45, 7) is 0.390. The summed E-state index contributed by atoms with van der Waals surface area (Å²) in [4.78, 5) is 10.1. The van der Waals surface area contributed by atoms with Gasteiger partial charge in [0.05, 0.1) is 12.0 Å². The van der Waals surface area contributed by atoms with Crippen LogP contribution in [0.2, 0.25) is 0 Å². The van der Waals surface area contributed by atoms with Crippen molar-refractivity contribution in [3.05, 3.63) is 58.1 Å². The van der Waals surface area contributed by atoms with Crippen LogP contribution in [0.1, 0.15) is 5.56 Å². The van der Waals surface area contributed by atoms with E-state index in [1.165, 1.54) is 12.1 Å². The van der Waals surface area contributed by atoms with E-state index in [1.54, 1.807) is 37.4 Å². The van der Waals surface area contributed by atoms with E-state index in [0.29, 0.717) is 17.9 Å². The fourth-order valence-electron chi connectivity index (χ4n) is 1.73. The van der Waals surface area contributed by atoms with Crippen molar-refractivity contribution < 1.29 is 14.8 Å². The summed E-state index contributed by atoms with van der Waals surface area (Å²) in [6.07, 6.45) is 0. The van der Waals surface area contributed by atoms with Gasteiger partial charge in [0.2, 0.25) is 0 Å². The summed E-state index contributed by atoms with van der Waals surface area (Å²) in [6, 6.07) is 11.1. The van der Waals surface area contributed by atoms with Gasteiger partial charge in [-0.05, 0) is 30.3 Å². The van der Waals surface area contributed by atoms with Crippen LogP contribution in [0.25, 0.3) is 0 Å². The highest BCUT2D eigenvalue weighted by Gasteiger charge is 2.05. The number of aromatic hydroxyl groups is 1. The number of ether oxygens (including phenoxy) is 1. The molecular weight excluding hydrogens is 260 g/mol. The molecule has 0 saturated heterocycles. The molecule has 2 N–H and O–H groups in total. The number of anilines is 1. The number of rotatable bonds is 5. The third kappa shape index (κ3) is 3.17. The molecule has 0 unspecified atom stereocenters. The Hall–Kier alpha value is -2.76. The topological polar surface area (TPSA) is 84.6 Å². The Morgan fingerprint density at radius 3 is 2.55 bits per heavy atom. The van der Waals surface area contributed by atoms with Gasteiger partial charge < -0.3 is 15.2 Å². The number of nitrogens with zero attached hydrogens (tertiary/aromatic N) is 1. The molecule has 0 aliphatic heterocycles. The molecule has 0 aromatic heterocycles. The number of nitrogens with one attached hydrogen (secondary N) is 1. The molecule has 20 heavy (non-hydrogen) atoms. The molecule has 0 heterocycles. The zero-order valence-corrected chi connectivity index (χ0v) is 10.9. The molecular formula is C14H14N2O4. The van der Waals surface area contributed by atoms with Gasteiger partial charge in [-0.25, -0.2) is 0 Å². The highest BCUT2D eigenvalue weighted by molar-refractivity contribution is 5.50. The molecule has 0 aliphatic rings. The van der Waals surface area contributed by atoms with Crippen LogP contribution in [0.4, 0.5) is 11.4 Å². The van der Waals surface area contributed by atoms with Crippen molar-refractivity contribution in [3.8, 4) is 11.5 Å². The molecule has 0 spiro atoms. The van der Waals surface area contributed by atoms with E-state index in [0.717, 1.165) is 5.69 Å². The van der Waals surface area contributed by atoms with Gasteiger partial charge in [0, 0.05) is 29.9 Å². The molecule has 2 aromatic rings. The van der Waals surface area contributed by atoms with Gasteiger partial charge in [-0.2, -0.15) is 0 Å². The average Bonchev–Trinajstić information content (AvgIpc) is 2.47. The largest absolute Gasteiger partial charge is 0.508 e. The van der Waals surface area contributed by atoms with Crippen molar-refractivity contribution in [2.24, 2.45) is 0 Å². The predicted octanol–water partition coefficient (Wildman–Crippen LogP) is 2.92. The quantitative estimate of drug-likeness (QED) is 0.646. The van der Waals surface area contributed by atoms with Crippen molar-refractivity contribution in [3.63, 3.8) is 0 Å². The summed E-state index contributed by atoms with van der Waals surface area (Å²) < 4.78 is 5.09. The summed E-state index contributed by atoms with van der Waals surface area (Å²) in [5, 5.41) is 23.4. The second-order valence-corrected chi connectivity index (χ2v) is 4.15. The van der Waals surface area contributed by atoms with Crippen molar-refractivity contribution in [2.75, 3.05) is 12.4 Å². The summed E-state index contributed by atoms with van der Waals surface area (Å²) in [7, 11) is 1.56. The van der Waals surface area contributed by atoms with Crippen molar-refractivity contribution in [1.29, 1.82) is 0 Å². The SMILES string of the molecule is COc1ccc(O)c(CNc2ccc([N+](=O)[O-])cc2)c1. The van der Waals surface area contributed by atoms with E-state index >= 15 is 0 Å². The number of phenols is 1. The maximum Gasteiger partial charge on any atom is 0.269 e. The number of non-ortho nitro benzene ring substituents is 1. The number of phenolic OH excluding ortho intramolecular Hbond substituents is 1. The molecule has 0 amide bonds. The van der Waals surface area contributed by atoms with Crippen LogP contribution >= 0.6 is 0 Å². The van der Waals surface area contributed by atoms with E-state index in [2.05, 4.69) is 5.32 Å². The molecule has 0 fully saturated rings. The number of hydrogen-bond donors (Lipinski definition) is 2. The standard InChI is InChI=1S/C14H14N2O4/c1-20-13-6-7-14(17)10(8-13)9-15-11-2-4-12(5-3-11)16(18)19/h2-8,15,17H,9H2,1H3. The lowest BCUT2D eigenvalue weighted by molar-refractivity contribution is -0.384. The minimum atomic E-state index is -0.447. The van der Waals surface area contributed by atoms with Crippen molar-refractivity contribution in [1.82, 2.24) is 0 Å². The molecule has 6 heteroatoms. The van der Waals surface area contributed by atoms with Gasteiger partial charge >= 0.3 is 0 Å². The van der Waals surface area contributed by atoms with Crippen molar-refractivity contribution >= 4 is 11.4 Å². The highest BCUT2D eigenvalue weighted by Crippen LogP contribution is 2.24. The first kappa shape index (κ1) is 13.7. The monoisotopic (exact) mass is 274 g/mol. The number of nitro groups is 1. The highest BCUT2D eigenvalue weighted by atomic mass is 16.6. The Morgan fingerprint density at radius 1 is 1.25 bits per heavy atom. The van der Waals surface area contributed by atoms with Crippen LogP contribution in [0.15, 0.2) is 42.5 Å². The Morgan fingerprint density at radius 2 is 1.95 bits per heavy atom. The van der Waals surface area contributed by atoms with E-state index < -0.39 is 4.92 Å². The summed E-state index contributed by atoms with van der Waals surface area (Å²) in [5.41, 5.74) is 1.46. The van der Waals surface area contributed by atoms with Gasteiger partial charge in [-0.3, -0.25) is 10.1 Å². The van der Waals surface area contributed by atoms with E-state index in [4.69, 9.17) is 4.74 Å². The number of benzene rings is 2. The first-order valence-electron chi connectivity index (χ1n) is 5.94. The van der Waals surface area contributed by atoms with Gasteiger partial charge in [-0.15, -0.1) is 0 Å².